The van der Waals surface area contributed by atoms with Crippen molar-refractivity contribution in [2.75, 3.05) is 19.3 Å². The lowest BCUT2D eigenvalue weighted by molar-refractivity contribution is 0.179. The molecular formula is C15H20N2. The maximum absolute atomic E-state index is 6.10. The number of rotatable bonds is 0. The molecule has 1 aromatic rings. The minimum atomic E-state index is 0.368. The number of benzene rings is 1. The van der Waals surface area contributed by atoms with Gasteiger partial charge >= 0.3 is 0 Å². The third kappa shape index (κ3) is 1.19. The summed E-state index contributed by atoms with van der Waals surface area (Å²) in [5, 5.41) is 0. The largest absolute Gasteiger partial charge is 0.399 e. The van der Waals surface area contributed by atoms with Crippen molar-refractivity contribution in [3.8, 4) is 0 Å². The van der Waals surface area contributed by atoms with Crippen LogP contribution in [0, 0.1) is 0 Å². The summed E-state index contributed by atoms with van der Waals surface area (Å²) in [6.07, 6.45) is 6.59. The highest BCUT2D eigenvalue weighted by atomic mass is 15.2. The molecule has 90 valence electrons. The Labute approximate surface area is 103 Å². The smallest absolute Gasteiger partial charge is 0.0463 e. The lowest BCUT2D eigenvalue weighted by Gasteiger charge is -2.43. The molecule has 2 N–H and O–H groups in total. The van der Waals surface area contributed by atoms with Crippen molar-refractivity contribution in [2.24, 2.45) is 0 Å². The number of fused-ring (bicyclic) bond motifs is 1. The van der Waals surface area contributed by atoms with E-state index in [0.29, 0.717) is 5.54 Å². The van der Waals surface area contributed by atoms with Crippen LogP contribution >= 0.6 is 0 Å². The molecule has 17 heavy (non-hydrogen) atoms. The summed E-state index contributed by atoms with van der Waals surface area (Å²) >= 11 is 0. The van der Waals surface area contributed by atoms with Gasteiger partial charge in [0.25, 0.3) is 0 Å². The molecule has 0 unspecified atom stereocenters. The van der Waals surface area contributed by atoms with Crippen LogP contribution in [0.25, 0.3) is 0 Å². The first kappa shape index (κ1) is 9.95. The van der Waals surface area contributed by atoms with E-state index in [-0.39, 0.29) is 0 Å². The van der Waals surface area contributed by atoms with Gasteiger partial charge in [0.2, 0.25) is 0 Å². The Hall–Kier alpha value is -1.02. The van der Waals surface area contributed by atoms with E-state index in [2.05, 4.69) is 24.1 Å². The van der Waals surface area contributed by atoms with Gasteiger partial charge in [0.05, 0.1) is 0 Å². The summed E-state index contributed by atoms with van der Waals surface area (Å²) in [5.74, 6) is 0.769. The highest BCUT2D eigenvalue weighted by molar-refractivity contribution is 5.56. The molecule has 1 spiro atoms. The zero-order chi connectivity index (χ0) is 11.6. The predicted molar refractivity (Wildman–Crippen MR) is 70.1 cm³/mol. The number of hydrogen-bond acceptors (Lipinski definition) is 2. The van der Waals surface area contributed by atoms with Gasteiger partial charge in [-0.1, -0.05) is 0 Å². The van der Waals surface area contributed by atoms with E-state index in [1.807, 2.05) is 0 Å². The van der Waals surface area contributed by atoms with Gasteiger partial charge in [0, 0.05) is 17.8 Å². The topological polar surface area (TPSA) is 29.3 Å². The predicted octanol–water partition coefficient (Wildman–Crippen LogP) is 2.62. The van der Waals surface area contributed by atoms with Crippen molar-refractivity contribution in [3.05, 3.63) is 28.8 Å². The molecule has 1 atom stereocenters. The molecule has 1 heterocycles. The Balaban J connectivity index is 1.98. The molecule has 0 aromatic heterocycles. The monoisotopic (exact) mass is 228 g/mol. The van der Waals surface area contributed by atoms with Gasteiger partial charge in [0.15, 0.2) is 0 Å². The van der Waals surface area contributed by atoms with Crippen molar-refractivity contribution < 1.29 is 0 Å². The average molecular weight is 228 g/mol. The second-order valence-electron chi connectivity index (χ2n) is 6.14. The Morgan fingerprint density at radius 1 is 1.35 bits per heavy atom. The standard InChI is InChI=1S/C15H20N2/c1-17-9-11-4-2-3-10-7-12(16)8-13(14(10)11)15(17)5-6-15/h7-8,11H,2-6,9,16H2,1H3/t11-/m1/s1. The van der Waals surface area contributed by atoms with Gasteiger partial charge < -0.3 is 5.73 Å². The minimum absolute atomic E-state index is 0.368. The van der Waals surface area contributed by atoms with E-state index in [1.54, 1.807) is 16.7 Å². The molecule has 1 saturated carbocycles. The van der Waals surface area contributed by atoms with Crippen LogP contribution in [0.2, 0.25) is 0 Å². The molecule has 2 aliphatic carbocycles. The number of nitrogen functional groups attached to an aromatic ring is 1. The van der Waals surface area contributed by atoms with Crippen molar-refractivity contribution >= 4 is 5.69 Å². The van der Waals surface area contributed by atoms with Gasteiger partial charge in [-0.3, -0.25) is 4.90 Å². The average Bonchev–Trinajstić information content (AvgIpc) is 3.07. The number of nitrogens with zero attached hydrogens (tertiary/aromatic N) is 1. The van der Waals surface area contributed by atoms with Crippen LogP contribution in [0.3, 0.4) is 0 Å². The van der Waals surface area contributed by atoms with E-state index in [4.69, 9.17) is 5.73 Å². The van der Waals surface area contributed by atoms with Gasteiger partial charge in [-0.05, 0) is 73.9 Å². The number of likely N-dealkylation sites (N-methyl/N-ethyl adjacent to an activating group) is 1. The fraction of sp³-hybridized carbons (Fsp3) is 0.600. The zero-order valence-corrected chi connectivity index (χ0v) is 10.5. The first-order valence-corrected chi connectivity index (χ1v) is 6.85. The van der Waals surface area contributed by atoms with Gasteiger partial charge in [-0.15, -0.1) is 0 Å². The molecule has 4 rings (SSSR count). The molecule has 1 aromatic carbocycles. The second kappa shape index (κ2) is 3.05. The lowest BCUT2D eigenvalue weighted by Crippen LogP contribution is -2.42. The molecule has 3 aliphatic rings. The third-order valence-corrected chi connectivity index (χ3v) is 5.14. The van der Waals surface area contributed by atoms with E-state index >= 15 is 0 Å². The van der Waals surface area contributed by atoms with Crippen molar-refractivity contribution in [3.63, 3.8) is 0 Å². The number of aryl methyl sites for hydroxylation is 1. The molecule has 0 saturated heterocycles. The Morgan fingerprint density at radius 3 is 2.94 bits per heavy atom. The van der Waals surface area contributed by atoms with Crippen LogP contribution in [-0.4, -0.2) is 18.5 Å². The highest BCUT2D eigenvalue weighted by Crippen LogP contribution is 2.57. The highest BCUT2D eigenvalue weighted by Gasteiger charge is 2.53. The summed E-state index contributed by atoms with van der Waals surface area (Å²) in [6, 6.07) is 4.49. The first-order valence-electron chi connectivity index (χ1n) is 6.85. The van der Waals surface area contributed by atoms with E-state index in [1.165, 1.54) is 38.6 Å². The molecule has 2 nitrogen and oxygen atoms in total. The van der Waals surface area contributed by atoms with Crippen LogP contribution < -0.4 is 5.73 Å². The molecule has 0 amide bonds. The summed E-state index contributed by atoms with van der Waals surface area (Å²) < 4.78 is 0. The van der Waals surface area contributed by atoms with Crippen molar-refractivity contribution in [1.82, 2.24) is 4.90 Å². The fourth-order valence-electron chi connectivity index (χ4n) is 4.16. The lowest BCUT2D eigenvalue weighted by atomic mass is 9.74. The number of anilines is 1. The van der Waals surface area contributed by atoms with Crippen LogP contribution in [-0.2, 0) is 12.0 Å². The molecular weight excluding hydrogens is 208 g/mol. The Morgan fingerprint density at radius 2 is 2.18 bits per heavy atom. The molecule has 0 radical (unpaired) electrons. The summed E-state index contributed by atoms with van der Waals surface area (Å²) in [6.45, 7) is 1.25. The van der Waals surface area contributed by atoms with Crippen molar-refractivity contribution in [1.29, 1.82) is 0 Å². The van der Waals surface area contributed by atoms with Crippen LogP contribution in [0.15, 0.2) is 12.1 Å². The third-order valence-electron chi connectivity index (χ3n) is 5.14. The maximum atomic E-state index is 6.10. The van der Waals surface area contributed by atoms with Crippen LogP contribution in [0.4, 0.5) is 5.69 Å². The Kier molecular flexibility index (Phi) is 1.79. The molecule has 2 heteroatoms. The van der Waals surface area contributed by atoms with Gasteiger partial charge in [0.1, 0.15) is 0 Å². The van der Waals surface area contributed by atoms with Crippen LogP contribution in [0.1, 0.15) is 48.3 Å². The van der Waals surface area contributed by atoms with Gasteiger partial charge in [-0.2, -0.15) is 0 Å². The second-order valence-corrected chi connectivity index (χ2v) is 6.14. The molecule has 1 aliphatic heterocycles. The zero-order valence-electron chi connectivity index (χ0n) is 10.5. The van der Waals surface area contributed by atoms with Crippen LogP contribution in [0.5, 0.6) is 0 Å². The summed E-state index contributed by atoms with van der Waals surface area (Å²) in [7, 11) is 2.30. The fourth-order valence-corrected chi connectivity index (χ4v) is 4.16. The maximum Gasteiger partial charge on any atom is 0.0463 e. The van der Waals surface area contributed by atoms with E-state index in [0.717, 1.165) is 11.6 Å². The summed E-state index contributed by atoms with van der Waals surface area (Å²) in [4.78, 5) is 2.59. The summed E-state index contributed by atoms with van der Waals surface area (Å²) in [5.41, 5.74) is 12.3. The number of nitrogens with two attached hydrogens (primary N) is 1. The normalized spacial score (nSPS) is 29.1. The quantitative estimate of drug-likeness (QED) is 0.692. The molecule has 1 fully saturated rings. The van der Waals surface area contributed by atoms with E-state index < -0.39 is 0 Å². The van der Waals surface area contributed by atoms with Gasteiger partial charge in [-0.25, -0.2) is 0 Å². The minimum Gasteiger partial charge on any atom is -0.399 e. The molecule has 0 bridgehead atoms. The van der Waals surface area contributed by atoms with E-state index in [9.17, 15) is 0 Å². The Bertz CT molecular complexity index is 488. The first-order chi connectivity index (χ1) is 8.21. The SMILES string of the molecule is CN1C[C@H]2CCCc3cc(N)cc(c32)C12CC2. The van der Waals surface area contributed by atoms with Crippen molar-refractivity contribution in [2.45, 2.75) is 43.6 Å². The number of hydrogen-bond donors (Lipinski definition) is 1.